The fourth-order valence-corrected chi connectivity index (χ4v) is 3.01. The van der Waals surface area contributed by atoms with Crippen molar-refractivity contribution in [2.45, 2.75) is 19.4 Å². The minimum Gasteiger partial charge on any atom is -0.489 e. The van der Waals surface area contributed by atoms with Crippen molar-refractivity contribution in [2.24, 2.45) is 0 Å². The molecule has 31 heavy (non-hydrogen) atoms. The predicted molar refractivity (Wildman–Crippen MR) is 111 cm³/mol. The van der Waals surface area contributed by atoms with E-state index in [-0.39, 0.29) is 16.9 Å². The molecule has 0 aliphatic heterocycles. The number of benzene rings is 2. The summed E-state index contributed by atoms with van der Waals surface area (Å²) < 4.78 is 5.91. The van der Waals surface area contributed by atoms with Crippen LogP contribution in [-0.2, 0) is 19.4 Å². The highest BCUT2D eigenvalue weighted by Crippen LogP contribution is 2.26. The number of nitro groups is 1. The van der Waals surface area contributed by atoms with Crippen LogP contribution in [0.4, 0.5) is 5.69 Å². The predicted octanol–water partition coefficient (Wildman–Crippen LogP) is 2.62. The zero-order valence-corrected chi connectivity index (χ0v) is 16.3. The van der Waals surface area contributed by atoms with Crippen LogP contribution in [-0.4, -0.2) is 30.1 Å². The molecule has 0 aliphatic rings. The monoisotopic (exact) mass is 418 g/mol. The van der Waals surface area contributed by atoms with E-state index in [0.717, 1.165) is 10.4 Å². The van der Waals surface area contributed by atoms with Crippen LogP contribution in [0.2, 0.25) is 0 Å². The van der Waals surface area contributed by atoms with E-state index in [0.29, 0.717) is 36.6 Å². The van der Waals surface area contributed by atoms with Gasteiger partial charge in [0.15, 0.2) is 11.5 Å². The second-order valence-electron chi connectivity index (χ2n) is 6.70. The molecule has 0 amide bonds. The minimum atomic E-state index is -0.444. The van der Waals surface area contributed by atoms with Gasteiger partial charge in [-0.2, -0.15) is 0 Å². The highest BCUT2D eigenvalue weighted by Gasteiger charge is 2.14. The maximum absolute atomic E-state index is 11.9. The molecule has 4 aromatic rings. The Morgan fingerprint density at radius 1 is 1.06 bits per heavy atom. The molecule has 156 valence electrons. The summed E-state index contributed by atoms with van der Waals surface area (Å²) in [5.74, 6) is 0.963. The first-order valence-electron chi connectivity index (χ1n) is 9.51. The maximum atomic E-state index is 11.9. The van der Waals surface area contributed by atoms with Crippen LogP contribution >= 0.6 is 0 Å². The van der Waals surface area contributed by atoms with Crippen molar-refractivity contribution in [1.82, 2.24) is 25.2 Å². The lowest BCUT2D eigenvalue weighted by Crippen LogP contribution is -2.15. The second kappa shape index (κ2) is 8.99. The number of aromatic nitrogens is 5. The zero-order chi connectivity index (χ0) is 21.6. The number of nitrogens with zero attached hydrogens (tertiary/aromatic N) is 5. The van der Waals surface area contributed by atoms with Gasteiger partial charge in [-0.1, -0.05) is 30.3 Å². The second-order valence-corrected chi connectivity index (χ2v) is 6.70. The number of nitrogens with one attached hydrogen (secondary N) is 1. The molecule has 0 fully saturated rings. The van der Waals surface area contributed by atoms with E-state index < -0.39 is 4.92 Å². The Hall–Kier alpha value is -4.34. The van der Waals surface area contributed by atoms with Gasteiger partial charge in [0.05, 0.1) is 4.92 Å². The fraction of sp³-hybridized carbons (Fsp3) is 0.143. The Morgan fingerprint density at radius 3 is 2.68 bits per heavy atom. The molecule has 1 N–H and O–H groups in total. The number of non-ortho nitro benzene ring substituents is 1. The Morgan fingerprint density at radius 2 is 1.90 bits per heavy atom. The normalized spacial score (nSPS) is 10.7. The molecule has 10 nitrogen and oxygen atoms in total. The van der Waals surface area contributed by atoms with Crippen LogP contribution in [0.1, 0.15) is 17.0 Å². The van der Waals surface area contributed by atoms with Gasteiger partial charge in [-0.15, -0.1) is 15.0 Å². The molecule has 0 bridgehead atoms. The smallest absolute Gasteiger partial charge is 0.275 e. The van der Waals surface area contributed by atoms with Crippen molar-refractivity contribution >= 4 is 5.69 Å². The number of H-pyrrole nitrogens is 1. The summed E-state index contributed by atoms with van der Waals surface area (Å²) in [5, 5.41) is 23.3. The third-order valence-corrected chi connectivity index (χ3v) is 4.58. The van der Waals surface area contributed by atoms with Gasteiger partial charge in [-0.05, 0) is 35.4 Å². The first-order chi connectivity index (χ1) is 15.1. The Kier molecular flexibility index (Phi) is 5.79. The number of ether oxygens (including phenoxy) is 1. The van der Waals surface area contributed by atoms with E-state index in [1.165, 1.54) is 18.3 Å². The number of nitro benzene ring substituents is 1. The van der Waals surface area contributed by atoms with E-state index in [2.05, 4.69) is 20.4 Å². The molecule has 0 unspecified atom stereocenters. The summed E-state index contributed by atoms with van der Waals surface area (Å²) in [7, 11) is 0. The zero-order valence-electron chi connectivity index (χ0n) is 16.3. The lowest BCUT2D eigenvalue weighted by atomic mass is 10.1. The Bertz CT molecular complexity index is 1250. The van der Waals surface area contributed by atoms with Gasteiger partial charge in [0.25, 0.3) is 11.2 Å². The summed E-state index contributed by atoms with van der Waals surface area (Å²) in [6.07, 6.45) is 2.29. The van der Waals surface area contributed by atoms with Crippen LogP contribution in [0.5, 0.6) is 5.75 Å². The van der Waals surface area contributed by atoms with Gasteiger partial charge in [-0.25, -0.2) is 0 Å². The van der Waals surface area contributed by atoms with Gasteiger partial charge in [0, 0.05) is 30.3 Å². The maximum Gasteiger partial charge on any atom is 0.275 e. The number of aryl methyl sites for hydroxylation is 2. The van der Waals surface area contributed by atoms with Crippen LogP contribution in [0.25, 0.3) is 5.69 Å². The number of rotatable bonds is 8. The quantitative estimate of drug-likeness (QED) is 0.344. The SMILES string of the molecule is O=c1[nH]cccc1-n1nnc(CCc2cc([N+](=O)[O-])ccc2OCc2ccccc2)n1. The number of tetrazole rings is 1. The van der Waals surface area contributed by atoms with Gasteiger partial charge in [-0.3, -0.25) is 14.9 Å². The summed E-state index contributed by atoms with van der Waals surface area (Å²) >= 11 is 0. The van der Waals surface area contributed by atoms with Crippen LogP contribution < -0.4 is 10.3 Å². The number of pyridine rings is 1. The fourth-order valence-electron chi connectivity index (χ4n) is 3.01. The summed E-state index contributed by atoms with van der Waals surface area (Å²) in [6, 6.07) is 17.4. The van der Waals surface area contributed by atoms with E-state index in [4.69, 9.17) is 4.74 Å². The molecule has 2 aromatic carbocycles. The molecule has 0 radical (unpaired) electrons. The summed E-state index contributed by atoms with van der Waals surface area (Å²) in [6.45, 7) is 0.344. The average molecular weight is 418 g/mol. The number of hydrogen-bond acceptors (Lipinski definition) is 7. The topological polar surface area (TPSA) is 129 Å². The number of hydrogen-bond donors (Lipinski definition) is 1. The Balaban J connectivity index is 1.51. The minimum absolute atomic E-state index is 0.0190. The highest BCUT2D eigenvalue weighted by atomic mass is 16.6. The largest absolute Gasteiger partial charge is 0.489 e. The van der Waals surface area contributed by atoms with Gasteiger partial charge >= 0.3 is 0 Å². The molecule has 0 atom stereocenters. The van der Waals surface area contributed by atoms with Crippen LogP contribution in [0.15, 0.2) is 71.7 Å². The average Bonchev–Trinajstić information content (AvgIpc) is 3.26. The Labute approximate surface area is 176 Å². The number of aromatic amines is 1. The molecular weight excluding hydrogens is 400 g/mol. The summed E-state index contributed by atoms with van der Waals surface area (Å²) in [5.41, 5.74) is 1.56. The van der Waals surface area contributed by atoms with E-state index >= 15 is 0 Å². The molecule has 0 saturated heterocycles. The van der Waals surface area contributed by atoms with Gasteiger partial charge < -0.3 is 9.72 Å². The van der Waals surface area contributed by atoms with E-state index in [1.54, 1.807) is 18.2 Å². The van der Waals surface area contributed by atoms with Gasteiger partial charge in [0.1, 0.15) is 12.4 Å². The molecule has 0 aliphatic carbocycles. The van der Waals surface area contributed by atoms with E-state index in [1.807, 2.05) is 30.3 Å². The summed E-state index contributed by atoms with van der Waals surface area (Å²) in [4.78, 5) is 26.4. The van der Waals surface area contributed by atoms with Crippen molar-refractivity contribution in [3.05, 3.63) is 104 Å². The molecule has 2 aromatic heterocycles. The standard InChI is InChI=1S/C21H18N6O4/c28-21-18(7-4-12-22-21)26-24-20(23-25-26)11-8-16-13-17(27(29)30)9-10-19(16)31-14-15-5-2-1-3-6-15/h1-7,9-10,12-13H,8,11,14H2,(H,22,28). The van der Waals surface area contributed by atoms with Crippen molar-refractivity contribution < 1.29 is 9.66 Å². The third kappa shape index (κ3) is 4.81. The molecule has 0 spiro atoms. The van der Waals surface area contributed by atoms with Crippen LogP contribution in [0, 0.1) is 10.1 Å². The van der Waals surface area contributed by atoms with Crippen molar-refractivity contribution in [1.29, 1.82) is 0 Å². The van der Waals surface area contributed by atoms with E-state index in [9.17, 15) is 14.9 Å². The molecule has 4 rings (SSSR count). The van der Waals surface area contributed by atoms with Crippen molar-refractivity contribution in [3.63, 3.8) is 0 Å². The molecule has 0 saturated carbocycles. The molecule has 10 heteroatoms. The van der Waals surface area contributed by atoms with Gasteiger partial charge in [0.2, 0.25) is 0 Å². The first kappa shape index (κ1) is 20.0. The molecular formula is C21H18N6O4. The highest BCUT2D eigenvalue weighted by molar-refractivity contribution is 5.44. The van der Waals surface area contributed by atoms with Crippen molar-refractivity contribution in [2.75, 3.05) is 0 Å². The molecule has 2 heterocycles. The van der Waals surface area contributed by atoms with Crippen LogP contribution in [0.3, 0.4) is 0 Å². The lowest BCUT2D eigenvalue weighted by molar-refractivity contribution is -0.384. The first-order valence-corrected chi connectivity index (χ1v) is 9.51. The third-order valence-electron chi connectivity index (χ3n) is 4.58. The lowest BCUT2D eigenvalue weighted by Gasteiger charge is -2.11. The van der Waals surface area contributed by atoms with Crippen molar-refractivity contribution in [3.8, 4) is 11.4 Å².